The van der Waals surface area contributed by atoms with Crippen molar-refractivity contribution in [2.45, 2.75) is 6.92 Å². The lowest BCUT2D eigenvalue weighted by atomic mass is 10.2. The van der Waals surface area contributed by atoms with Crippen LogP contribution in [-0.2, 0) is 0 Å². The van der Waals surface area contributed by atoms with Crippen molar-refractivity contribution in [3.8, 4) is 5.75 Å². The average Bonchev–Trinajstić information content (AvgIpc) is 3.17. The molecule has 0 aliphatic carbocycles. The Hall–Kier alpha value is -2.64. The number of hydrogen-bond donors (Lipinski definition) is 1. The standard InChI is InChI=1S/C22H26N4O2S/c1-16-3-8-19-20(15-16)29-22(24-19)26-13-11-25(12-14-26)10-9-23-21(27)17-4-6-18(28-2)7-5-17/h3-8,15H,9-14H2,1-2H3,(H,23,27). The number of hydrogen-bond acceptors (Lipinski definition) is 6. The minimum absolute atomic E-state index is 0.0453. The van der Waals surface area contributed by atoms with Gasteiger partial charge < -0.3 is 15.0 Å². The largest absolute Gasteiger partial charge is 0.497 e. The van der Waals surface area contributed by atoms with Crippen LogP contribution in [0.4, 0.5) is 5.13 Å². The van der Waals surface area contributed by atoms with Gasteiger partial charge in [0.2, 0.25) is 0 Å². The highest BCUT2D eigenvalue weighted by Gasteiger charge is 2.19. The highest BCUT2D eigenvalue weighted by molar-refractivity contribution is 7.22. The Balaban J connectivity index is 1.23. The van der Waals surface area contributed by atoms with Crippen molar-refractivity contribution >= 4 is 32.6 Å². The normalized spacial score (nSPS) is 14.9. The van der Waals surface area contributed by atoms with Gasteiger partial charge in [-0.3, -0.25) is 9.69 Å². The highest BCUT2D eigenvalue weighted by atomic mass is 32.1. The van der Waals surface area contributed by atoms with Crippen LogP contribution in [0.3, 0.4) is 0 Å². The molecule has 0 radical (unpaired) electrons. The molecule has 0 unspecified atom stereocenters. The topological polar surface area (TPSA) is 57.7 Å². The van der Waals surface area contributed by atoms with E-state index < -0.39 is 0 Å². The summed E-state index contributed by atoms with van der Waals surface area (Å²) in [5.41, 5.74) is 3.01. The third-order valence-corrected chi connectivity index (χ3v) is 6.32. The van der Waals surface area contributed by atoms with E-state index in [0.717, 1.165) is 49.1 Å². The summed E-state index contributed by atoms with van der Waals surface area (Å²) < 4.78 is 6.38. The molecule has 7 heteroatoms. The SMILES string of the molecule is COc1ccc(C(=O)NCCN2CCN(c3nc4ccc(C)cc4s3)CC2)cc1. The van der Waals surface area contributed by atoms with Crippen LogP contribution in [0, 0.1) is 6.92 Å². The summed E-state index contributed by atoms with van der Waals surface area (Å²) in [7, 11) is 1.62. The summed E-state index contributed by atoms with van der Waals surface area (Å²) in [6.45, 7) is 7.50. The zero-order chi connectivity index (χ0) is 20.2. The van der Waals surface area contributed by atoms with Gasteiger partial charge >= 0.3 is 0 Å². The predicted octanol–water partition coefficient (Wildman–Crippen LogP) is 3.17. The summed E-state index contributed by atoms with van der Waals surface area (Å²) in [5, 5.41) is 4.11. The number of nitrogens with one attached hydrogen (secondary N) is 1. The van der Waals surface area contributed by atoms with Crippen LogP contribution in [0.2, 0.25) is 0 Å². The van der Waals surface area contributed by atoms with E-state index in [9.17, 15) is 4.79 Å². The van der Waals surface area contributed by atoms with Crippen LogP contribution in [0.1, 0.15) is 15.9 Å². The molecule has 1 aliphatic heterocycles. The molecule has 0 saturated carbocycles. The molecule has 29 heavy (non-hydrogen) atoms. The molecule has 1 aliphatic rings. The number of carbonyl (C=O) groups excluding carboxylic acids is 1. The Morgan fingerprint density at radius 1 is 1.14 bits per heavy atom. The number of methoxy groups -OCH3 is 1. The smallest absolute Gasteiger partial charge is 0.251 e. The van der Waals surface area contributed by atoms with Crippen molar-refractivity contribution in [3.05, 3.63) is 53.6 Å². The van der Waals surface area contributed by atoms with Crippen LogP contribution in [-0.4, -0.2) is 62.2 Å². The quantitative estimate of drug-likeness (QED) is 0.677. The number of thiazole rings is 1. The maximum Gasteiger partial charge on any atom is 0.251 e. The number of fused-ring (bicyclic) bond motifs is 1. The number of nitrogens with zero attached hydrogens (tertiary/aromatic N) is 3. The molecule has 4 rings (SSSR count). The van der Waals surface area contributed by atoms with Crippen molar-refractivity contribution in [1.82, 2.24) is 15.2 Å². The molecule has 1 amide bonds. The predicted molar refractivity (Wildman–Crippen MR) is 118 cm³/mol. The zero-order valence-electron chi connectivity index (χ0n) is 16.9. The summed E-state index contributed by atoms with van der Waals surface area (Å²) in [5.74, 6) is 0.707. The Morgan fingerprint density at radius 3 is 2.62 bits per heavy atom. The zero-order valence-corrected chi connectivity index (χ0v) is 17.7. The summed E-state index contributed by atoms with van der Waals surface area (Å²) in [4.78, 5) is 21.8. The Morgan fingerprint density at radius 2 is 1.90 bits per heavy atom. The molecular formula is C22H26N4O2S. The lowest BCUT2D eigenvalue weighted by Gasteiger charge is -2.34. The molecule has 3 aromatic rings. The molecule has 0 bridgehead atoms. The van der Waals surface area contributed by atoms with Gasteiger partial charge in [-0.1, -0.05) is 17.4 Å². The van der Waals surface area contributed by atoms with Gasteiger partial charge in [0.15, 0.2) is 5.13 Å². The molecule has 152 valence electrons. The third-order valence-electron chi connectivity index (χ3n) is 5.24. The maximum absolute atomic E-state index is 12.2. The van der Waals surface area contributed by atoms with E-state index in [1.807, 2.05) is 0 Å². The molecule has 1 N–H and O–H groups in total. The Labute approximate surface area is 175 Å². The fourth-order valence-electron chi connectivity index (χ4n) is 3.49. The first-order chi connectivity index (χ1) is 14.1. The van der Waals surface area contributed by atoms with Crippen molar-refractivity contribution in [1.29, 1.82) is 0 Å². The lowest BCUT2D eigenvalue weighted by Crippen LogP contribution is -2.48. The number of anilines is 1. The second kappa shape index (κ2) is 8.80. The van der Waals surface area contributed by atoms with Crippen molar-refractivity contribution in [2.24, 2.45) is 0 Å². The average molecular weight is 411 g/mol. The molecule has 1 fully saturated rings. The second-order valence-corrected chi connectivity index (χ2v) is 8.29. The van der Waals surface area contributed by atoms with Crippen LogP contribution in [0.15, 0.2) is 42.5 Å². The number of rotatable bonds is 6. The number of amides is 1. The first kappa shape index (κ1) is 19.7. The molecule has 2 aromatic carbocycles. The fourth-order valence-corrected chi connectivity index (χ4v) is 4.61. The molecule has 0 atom stereocenters. The van der Waals surface area contributed by atoms with Gasteiger partial charge in [-0.05, 0) is 48.9 Å². The lowest BCUT2D eigenvalue weighted by molar-refractivity contribution is 0.0947. The molecular weight excluding hydrogens is 384 g/mol. The van der Waals surface area contributed by atoms with Crippen molar-refractivity contribution in [2.75, 3.05) is 51.3 Å². The van der Waals surface area contributed by atoms with Gasteiger partial charge in [0.25, 0.3) is 5.91 Å². The van der Waals surface area contributed by atoms with Gasteiger partial charge in [0.05, 0.1) is 17.3 Å². The van der Waals surface area contributed by atoms with E-state index in [4.69, 9.17) is 9.72 Å². The van der Waals surface area contributed by atoms with Gasteiger partial charge in [0.1, 0.15) is 5.75 Å². The monoisotopic (exact) mass is 410 g/mol. The van der Waals surface area contributed by atoms with E-state index in [1.165, 1.54) is 10.3 Å². The third kappa shape index (κ3) is 4.68. The number of ether oxygens (including phenoxy) is 1. The number of benzene rings is 2. The summed E-state index contributed by atoms with van der Waals surface area (Å²) in [6.07, 6.45) is 0. The number of aromatic nitrogens is 1. The van der Waals surface area contributed by atoms with Crippen LogP contribution >= 0.6 is 11.3 Å². The Kier molecular flexibility index (Phi) is 5.97. The van der Waals surface area contributed by atoms with E-state index in [1.54, 1.807) is 42.7 Å². The maximum atomic E-state index is 12.2. The van der Waals surface area contributed by atoms with Crippen LogP contribution in [0.25, 0.3) is 10.2 Å². The van der Waals surface area contributed by atoms with Crippen LogP contribution < -0.4 is 15.0 Å². The van der Waals surface area contributed by atoms with E-state index >= 15 is 0 Å². The Bertz CT molecular complexity index is 978. The molecule has 1 saturated heterocycles. The summed E-state index contributed by atoms with van der Waals surface area (Å²) in [6, 6.07) is 13.6. The van der Waals surface area contributed by atoms with Crippen molar-refractivity contribution in [3.63, 3.8) is 0 Å². The second-order valence-electron chi connectivity index (χ2n) is 7.28. The van der Waals surface area contributed by atoms with Crippen LogP contribution in [0.5, 0.6) is 5.75 Å². The fraction of sp³-hybridized carbons (Fsp3) is 0.364. The molecule has 1 aromatic heterocycles. The van der Waals surface area contributed by atoms with Gasteiger partial charge in [-0.15, -0.1) is 0 Å². The summed E-state index contributed by atoms with van der Waals surface area (Å²) >= 11 is 1.77. The number of piperazine rings is 1. The van der Waals surface area contributed by atoms with E-state index in [-0.39, 0.29) is 5.91 Å². The minimum Gasteiger partial charge on any atom is -0.497 e. The molecule has 6 nitrogen and oxygen atoms in total. The highest BCUT2D eigenvalue weighted by Crippen LogP contribution is 2.29. The van der Waals surface area contributed by atoms with E-state index in [0.29, 0.717) is 12.1 Å². The number of aryl methyl sites for hydroxylation is 1. The first-order valence-electron chi connectivity index (χ1n) is 9.89. The first-order valence-corrected chi connectivity index (χ1v) is 10.7. The molecule has 0 spiro atoms. The van der Waals surface area contributed by atoms with Crippen molar-refractivity contribution < 1.29 is 9.53 Å². The minimum atomic E-state index is -0.0453. The van der Waals surface area contributed by atoms with Gasteiger partial charge in [0, 0.05) is 44.8 Å². The van der Waals surface area contributed by atoms with E-state index in [2.05, 4.69) is 40.2 Å². The molecule has 2 heterocycles. The van der Waals surface area contributed by atoms with Gasteiger partial charge in [-0.25, -0.2) is 4.98 Å². The number of carbonyl (C=O) groups is 1. The van der Waals surface area contributed by atoms with Gasteiger partial charge in [-0.2, -0.15) is 0 Å².